The minimum absolute atomic E-state index is 0.0365. The van der Waals surface area contributed by atoms with E-state index in [1.165, 1.54) is 12.1 Å². The Labute approximate surface area is 175 Å². The number of rotatable bonds is 12. The van der Waals surface area contributed by atoms with Crippen LogP contribution in [-0.2, 0) is 9.47 Å². The fourth-order valence-corrected chi connectivity index (χ4v) is 3.20. The number of benzene rings is 1. The zero-order valence-corrected chi connectivity index (χ0v) is 20.7. The van der Waals surface area contributed by atoms with Crippen LogP contribution < -0.4 is 9.47 Å². The summed E-state index contributed by atoms with van der Waals surface area (Å²) in [5.74, 6) is -1.07. The summed E-state index contributed by atoms with van der Waals surface area (Å²) >= 11 is 0. The number of aromatic carboxylic acids is 1. The van der Waals surface area contributed by atoms with E-state index in [2.05, 4.69) is 39.3 Å². The van der Waals surface area contributed by atoms with Gasteiger partial charge in [0.2, 0.25) is 0 Å². The Hall–Kier alpha value is -1.69. The van der Waals surface area contributed by atoms with Crippen molar-refractivity contribution >= 4 is 28.4 Å². The van der Waals surface area contributed by atoms with E-state index in [1.807, 2.05) is 13.8 Å². The standard InChI is InChI=1S/C20H34O7Si2/c1-14(28(3,4)5)24-12-26-17-9-10-18(19(20(22)23)16(17)11-21)27-13-25-15(2)29(6,7)8/h9-11,14-15H,12-13H2,1-8H3,(H,22,23). The van der Waals surface area contributed by atoms with Crippen LogP contribution in [0.1, 0.15) is 34.6 Å². The highest BCUT2D eigenvalue weighted by Gasteiger charge is 2.26. The van der Waals surface area contributed by atoms with Crippen LogP contribution in [0.3, 0.4) is 0 Å². The summed E-state index contributed by atoms with van der Waals surface area (Å²) in [4.78, 5) is 23.4. The van der Waals surface area contributed by atoms with Gasteiger partial charge in [0.05, 0.1) is 21.7 Å². The van der Waals surface area contributed by atoms with Crippen LogP contribution in [0.25, 0.3) is 0 Å². The quantitative estimate of drug-likeness (QED) is 0.291. The topological polar surface area (TPSA) is 91.3 Å². The summed E-state index contributed by atoms with van der Waals surface area (Å²) in [7, 11) is -3.00. The van der Waals surface area contributed by atoms with Crippen molar-refractivity contribution in [2.45, 2.75) is 64.6 Å². The highest BCUT2D eigenvalue weighted by Crippen LogP contribution is 2.30. The number of ether oxygens (including phenoxy) is 4. The molecule has 0 aliphatic rings. The van der Waals surface area contributed by atoms with E-state index in [9.17, 15) is 14.7 Å². The zero-order valence-electron chi connectivity index (χ0n) is 18.7. The van der Waals surface area contributed by atoms with Crippen LogP contribution in [0, 0.1) is 0 Å². The molecule has 1 N–H and O–H groups in total. The normalized spacial score (nSPS) is 14.2. The van der Waals surface area contributed by atoms with Gasteiger partial charge in [-0.1, -0.05) is 39.3 Å². The summed E-state index contributed by atoms with van der Waals surface area (Å²) in [6.45, 7) is 16.8. The molecule has 0 amide bonds. The van der Waals surface area contributed by atoms with Crippen molar-refractivity contribution in [1.29, 1.82) is 0 Å². The number of carboxylic acids is 1. The first-order valence-corrected chi connectivity index (χ1v) is 16.8. The number of carbonyl (C=O) groups excluding carboxylic acids is 1. The highest BCUT2D eigenvalue weighted by atomic mass is 28.3. The van der Waals surface area contributed by atoms with E-state index in [4.69, 9.17) is 18.9 Å². The van der Waals surface area contributed by atoms with Crippen molar-refractivity contribution in [2.75, 3.05) is 13.6 Å². The number of carboxylic acid groups (broad SMARTS) is 1. The van der Waals surface area contributed by atoms with Gasteiger partial charge in [-0.15, -0.1) is 0 Å². The molecule has 0 aliphatic carbocycles. The Morgan fingerprint density at radius 2 is 1.34 bits per heavy atom. The number of carbonyl (C=O) groups is 2. The van der Waals surface area contributed by atoms with E-state index in [1.54, 1.807) is 0 Å². The van der Waals surface area contributed by atoms with Gasteiger partial charge < -0.3 is 24.1 Å². The largest absolute Gasteiger partial charge is 0.478 e. The summed E-state index contributed by atoms with van der Waals surface area (Å²) in [5, 5.41) is 9.61. The van der Waals surface area contributed by atoms with Gasteiger partial charge in [0.25, 0.3) is 0 Å². The lowest BCUT2D eigenvalue weighted by molar-refractivity contribution is -0.00265. The Balaban J connectivity index is 2.94. The summed E-state index contributed by atoms with van der Waals surface area (Å²) in [6, 6.07) is 2.98. The second-order valence-corrected chi connectivity index (χ2v) is 20.2. The molecule has 7 nitrogen and oxygen atoms in total. The van der Waals surface area contributed by atoms with Gasteiger partial charge in [-0.2, -0.15) is 0 Å². The van der Waals surface area contributed by atoms with E-state index < -0.39 is 22.1 Å². The second kappa shape index (κ2) is 10.4. The molecule has 0 spiro atoms. The molecule has 2 atom stereocenters. The maximum Gasteiger partial charge on any atom is 0.340 e. The molecule has 0 fully saturated rings. The predicted molar refractivity (Wildman–Crippen MR) is 118 cm³/mol. The third kappa shape index (κ3) is 7.58. The van der Waals surface area contributed by atoms with Crippen molar-refractivity contribution in [3.8, 4) is 11.5 Å². The van der Waals surface area contributed by atoms with E-state index in [-0.39, 0.29) is 47.7 Å². The molecular formula is C20H34O7Si2. The van der Waals surface area contributed by atoms with Gasteiger partial charge in [0.1, 0.15) is 17.1 Å². The minimum atomic E-state index is -1.50. The van der Waals surface area contributed by atoms with Crippen molar-refractivity contribution in [1.82, 2.24) is 0 Å². The molecule has 2 unspecified atom stereocenters. The fraction of sp³-hybridized carbons (Fsp3) is 0.600. The molecule has 1 aromatic rings. The Kier molecular flexibility index (Phi) is 9.07. The van der Waals surface area contributed by atoms with Crippen LogP contribution in [0.5, 0.6) is 11.5 Å². The van der Waals surface area contributed by atoms with Crippen LogP contribution in [0.4, 0.5) is 0 Å². The van der Waals surface area contributed by atoms with Crippen molar-refractivity contribution in [3.63, 3.8) is 0 Å². The second-order valence-electron chi connectivity index (χ2n) is 9.15. The van der Waals surface area contributed by atoms with Gasteiger partial charge in [-0.05, 0) is 26.0 Å². The van der Waals surface area contributed by atoms with Crippen molar-refractivity contribution in [3.05, 3.63) is 23.3 Å². The van der Waals surface area contributed by atoms with E-state index >= 15 is 0 Å². The summed E-state index contributed by atoms with van der Waals surface area (Å²) in [5.41, 5.74) is -0.249. The lowest BCUT2D eigenvalue weighted by Crippen LogP contribution is -2.38. The predicted octanol–water partition coefficient (Wildman–Crippen LogP) is 4.43. The molecule has 9 heteroatoms. The number of aldehydes is 1. The molecule has 0 radical (unpaired) electrons. The fourth-order valence-electron chi connectivity index (χ4n) is 2.06. The van der Waals surface area contributed by atoms with E-state index in [0.29, 0.717) is 6.29 Å². The van der Waals surface area contributed by atoms with Crippen LogP contribution >= 0.6 is 0 Å². The van der Waals surface area contributed by atoms with Crippen molar-refractivity contribution in [2.24, 2.45) is 0 Å². The molecule has 0 aromatic heterocycles. The monoisotopic (exact) mass is 442 g/mol. The van der Waals surface area contributed by atoms with Crippen LogP contribution in [0.2, 0.25) is 39.3 Å². The molecule has 1 rings (SSSR count). The molecule has 29 heavy (non-hydrogen) atoms. The Morgan fingerprint density at radius 1 is 0.931 bits per heavy atom. The molecule has 1 aromatic carbocycles. The average Bonchev–Trinajstić information content (AvgIpc) is 2.59. The van der Waals surface area contributed by atoms with Gasteiger partial charge >= 0.3 is 5.97 Å². The van der Waals surface area contributed by atoms with Crippen molar-refractivity contribution < 1.29 is 33.6 Å². The summed E-state index contributed by atoms with van der Waals surface area (Å²) < 4.78 is 22.5. The lowest BCUT2D eigenvalue weighted by Gasteiger charge is -2.26. The molecule has 0 saturated heterocycles. The van der Waals surface area contributed by atoms with Gasteiger partial charge in [0, 0.05) is 11.5 Å². The number of hydrogen-bond acceptors (Lipinski definition) is 6. The first-order valence-electron chi connectivity index (χ1n) is 9.63. The van der Waals surface area contributed by atoms with E-state index in [0.717, 1.165) is 0 Å². The molecule has 0 aliphatic heterocycles. The van der Waals surface area contributed by atoms with Crippen LogP contribution in [0.15, 0.2) is 12.1 Å². The zero-order chi connectivity index (χ0) is 22.4. The molecule has 0 saturated carbocycles. The third-order valence-electron chi connectivity index (χ3n) is 5.00. The average molecular weight is 443 g/mol. The van der Waals surface area contributed by atoms with Gasteiger partial charge in [-0.25, -0.2) is 4.79 Å². The molecular weight excluding hydrogens is 408 g/mol. The maximum atomic E-state index is 11.8. The third-order valence-corrected chi connectivity index (χ3v) is 10.2. The minimum Gasteiger partial charge on any atom is -0.478 e. The lowest BCUT2D eigenvalue weighted by atomic mass is 10.1. The first kappa shape index (κ1) is 25.4. The number of hydrogen-bond donors (Lipinski definition) is 1. The molecule has 164 valence electrons. The smallest absolute Gasteiger partial charge is 0.340 e. The van der Waals surface area contributed by atoms with Gasteiger partial charge in [-0.3, -0.25) is 4.79 Å². The SMILES string of the molecule is CC(OCOc1ccc(OCOC(C)[Si](C)(C)C)c(C(=O)O)c1C=O)[Si](C)(C)C. The Morgan fingerprint density at radius 3 is 1.72 bits per heavy atom. The van der Waals surface area contributed by atoms with Crippen LogP contribution in [-0.4, -0.2) is 58.6 Å². The Bertz CT molecular complexity index is 708. The summed E-state index contributed by atoms with van der Waals surface area (Å²) in [6.07, 6.45) is 0.457. The molecule has 0 bridgehead atoms. The van der Waals surface area contributed by atoms with Gasteiger partial charge in [0.15, 0.2) is 19.9 Å². The molecule has 0 heterocycles. The highest BCUT2D eigenvalue weighted by molar-refractivity contribution is 6.77. The first-order chi connectivity index (χ1) is 13.3. The maximum absolute atomic E-state index is 11.8.